The lowest BCUT2D eigenvalue weighted by Gasteiger charge is -2.14. The number of ether oxygens (including phenoxy) is 2. The van der Waals surface area contributed by atoms with Gasteiger partial charge in [0.15, 0.2) is 12.3 Å². The zero-order chi connectivity index (χ0) is 22.1. The molecule has 0 radical (unpaired) electrons. The van der Waals surface area contributed by atoms with Gasteiger partial charge in [-0.15, -0.1) is 5.10 Å². The molecule has 10 heteroatoms. The number of alkyl halides is 3. The van der Waals surface area contributed by atoms with E-state index in [1.165, 1.54) is 6.07 Å². The molecule has 1 N–H and O–H groups in total. The molecule has 160 valence electrons. The maximum atomic E-state index is 13.0. The van der Waals surface area contributed by atoms with Crippen LogP contribution in [0.2, 0.25) is 0 Å². The quantitative estimate of drug-likeness (QED) is 0.649. The van der Waals surface area contributed by atoms with E-state index in [0.29, 0.717) is 11.0 Å². The summed E-state index contributed by atoms with van der Waals surface area (Å²) in [7, 11) is 1.71. The minimum absolute atomic E-state index is 0.0837. The van der Waals surface area contributed by atoms with Crippen LogP contribution < -0.4 is 14.8 Å². The van der Waals surface area contributed by atoms with Crippen LogP contribution in [-0.2, 0) is 18.0 Å². The van der Waals surface area contributed by atoms with E-state index in [0.717, 1.165) is 23.4 Å². The highest BCUT2D eigenvalue weighted by Crippen LogP contribution is 2.35. The van der Waals surface area contributed by atoms with Gasteiger partial charge < -0.3 is 14.8 Å². The van der Waals surface area contributed by atoms with Gasteiger partial charge in [0.1, 0.15) is 5.75 Å². The minimum Gasteiger partial charge on any atom is -0.492 e. The van der Waals surface area contributed by atoms with Gasteiger partial charge in [0.05, 0.1) is 23.2 Å². The Morgan fingerprint density at radius 3 is 2.60 bits per heavy atom. The summed E-state index contributed by atoms with van der Waals surface area (Å²) in [6.07, 6.45) is -4.55. The molecule has 0 atom stereocenters. The highest BCUT2D eigenvalue weighted by Gasteiger charge is 2.31. The fourth-order valence-electron chi connectivity index (χ4n) is 3.06. The third kappa shape index (κ3) is 4.47. The minimum atomic E-state index is -4.55. The van der Waals surface area contributed by atoms with Gasteiger partial charge in [0, 0.05) is 12.7 Å². The van der Waals surface area contributed by atoms with Crippen molar-refractivity contribution in [3.8, 4) is 11.6 Å². The molecule has 3 aromatic rings. The number of nitrogens with one attached hydrogen (secondary N) is 1. The molecule has 2 aromatic heterocycles. The lowest BCUT2D eigenvalue weighted by atomic mass is 10.1. The number of pyridine rings is 1. The average Bonchev–Trinajstić information content (AvgIpc) is 2.97. The van der Waals surface area contributed by atoms with Crippen LogP contribution >= 0.6 is 0 Å². The third-order valence-electron chi connectivity index (χ3n) is 4.31. The Balaban J connectivity index is 1.79. The summed E-state index contributed by atoms with van der Waals surface area (Å²) in [4.78, 5) is 16.8. The normalized spacial score (nSPS) is 11.6. The Morgan fingerprint density at radius 2 is 1.93 bits per heavy atom. The lowest BCUT2D eigenvalue weighted by molar-refractivity contribution is -0.137. The van der Waals surface area contributed by atoms with Crippen LogP contribution in [0, 0.1) is 13.8 Å². The second kappa shape index (κ2) is 8.21. The first-order valence-corrected chi connectivity index (χ1v) is 9.17. The van der Waals surface area contributed by atoms with Gasteiger partial charge in [-0.25, -0.2) is 9.67 Å². The van der Waals surface area contributed by atoms with E-state index in [4.69, 9.17) is 9.47 Å². The van der Waals surface area contributed by atoms with E-state index in [-0.39, 0.29) is 23.9 Å². The van der Waals surface area contributed by atoms with E-state index in [1.807, 2.05) is 19.9 Å². The fraction of sp³-hybridized carbons (Fsp3) is 0.350. The molecule has 0 spiro atoms. The molecule has 7 nitrogen and oxygen atoms in total. The molecule has 1 amide bonds. The Morgan fingerprint density at radius 1 is 1.20 bits per heavy atom. The second-order valence-electron chi connectivity index (χ2n) is 6.69. The van der Waals surface area contributed by atoms with Crippen molar-refractivity contribution in [3.63, 3.8) is 0 Å². The van der Waals surface area contributed by atoms with E-state index in [1.54, 1.807) is 18.7 Å². The number of aryl methyl sites for hydroxylation is 3. The number of hydrogen-bond donors (Lipinski definition) is 1. The third-order valence-corrected chi connectivity index (χ3v) is 4.31. The second-order valence-corrected chi connectivity index (χ2v) is 6.69. The highest BCUT2D eigenvalue weighted by molar-refractivity contribution is 5.94. The van der Waals surface area contributed by atoms with Crippen molar-refractivity contribution in [1.82, 2.24) is 14.8 Å². The van der Waals surface area contributed by atoms with E-state index >= 15 is 0 Å². The molecule has 0 bridgehead atoms. The standard InChI is InChI=1S/C20H21F3N4O3/c1-5-29-15-7-6-13(20(21,22)23)9-14(15)25-16(28)10-30-19-17-11(2)8-12(3)24-18(17)27(4)26-19/h6-9H,5,10H2,1-4H3,(H,25,28). The number of nitrogens with zero attached hydrogens (tertiary/aromatic N) is 3. The first-order chi connectivity index (χ1) is 14.1. The van der Waals surface area contributed by atoms with Crippen LogP contribution in [0.25, 0.3) is 11.0 Å². The number of aromatic nitrogens is 3. The molecule has 1 aromatic carbocycles. The SMILES string of the molecule is CCOc1ccc(C(F)(F)F)cc1NC(=O)COc1nn(C)c2nc(C)cc(C)c12. The average molecular weight is 422 g/mol. The predicted octanol–water partition coefficient (Wildman–Crippen LogP) is 4.02. The van der Waals surface area contributed by atoms with Crippen molar-refractivity contribution in [2.24, 2.45) is 7.05 Å². The van der Waals surface area contributed by atoms with Crippen molar-refractivity contribution < 1.29 is 27.4 Å². The van der Waals surface area contributed by atoms with E-state index in [2.05, 4.69) is 15.4 Å². The molecule has 0 saturated heterocycles. The molecule has 0 aliphatic heterocycles. The summed E-state index contributed by atoms with van der Waals surface area (Å²) in [6, 6.07) is 4.77. The largest absolute Gasteiger partial charge is 0.492 e. The fourth-order valence-corrected chi connectivity index (χ4v) is 3.06. The summed E-state index contributed by atoms with van der Waals surface area (Å²) in [5.41, 5.74) is 1.34. The Kier molecular flexibility index (Phi) is 5.86. The van der Waals surface area contributed by atoms with Gasteiger partial charge in [0.25, 0.3) is 5.91 Å². The van der Waals surface area contributed by atoms with E-state index < -0.39 is 24.3 Å². The van der Waals surface area contributed by atoms with Crippen molar-refractivity contribution in [3.05, 3.63) is 41.1 Å². The lowest BCUT2D eigenvalue weighted by Crippen LogP contribution is -2.21. The number of amides is 1. The zero-order valence-electron chi connectivity index (χ0n) is 16.9. The van der Waals surface area contributed by atoms with Gasteiger partial charge in [-0.2, -0.15) is 13.2 Å². The van der Waals surface area contributed by atoms with Crippen molar-refractivity contribution >= 4 is 22.6 Å². The van der Waals surface area contributed by atoms with Crippen LogP contribution in [-0.4, -0.2) is 33.9 Å². The van der Waals surface area contributed by atoms with Crippen LogP contribution in [0.4, 0.5) is 18.9 Å². The Hall–Kier alpha value is -3.30. The number of carbonyl (C=O) groups excluding carboxylic acids is 1. The monoisotopic (exact) mass is 422 g/mol. The van der Waals surface area contributed by atoms with Crippen LogP contribution in [0.3, 0.4) is 0 Å². The van der Waals surface area contributed by atoms with Crippen LogP contribution in [0.5, 0.6) is 11.6 Å². The smallest absolute Gasteiger partial charge is 0.416 e. The number of hydrogen-bond acceptors (Lipinski definition) is 5. The summed E-state index contributed by atoms with van der Waals surface area (Å²) in [5, 5.41) is 7.33. The van der Waals surface area contributed by atoms with Gasteiger partial charge in [-0.05, 0) is 50.6 Å². The van der Waals surface area contributed by atoms with Crippen LogP contribution in [0.1, 0.15) is 23.7 Å². The molecule has 0 aliphatic carbocycles. The molecular weight excluding hydrogens is 401 g/mol. The summed E-state index contributed by atoms with van der Waals surface area (Å²) < 4.78 is 51.4. The topological polar surface area (TPSA) is 78.3 Å². The van der Waals surface area contributed by atoms with Crippen molar-refractivity contribution in [2.75, 3.05) is 18.5 Å². The first-order valence-electron chi connectivity index (χ1n) is 9.17. The number of halogens is 3. The molecule has 2 heterocycles. The van der Waals surface area contributed by atoms with Gasteiger partial charge in [-0.3, -0.25) is 4.79 Å². The molecule has 0 unspecified atom stereocenters. The first kappa shape index (κ1) is 21.4. The summed E-state index contributed by atoms with van der Waals surface area (Å²) >= 11 is 0. The number of rotatable bonds is 6. The number of carbonyl (C=O) groups is 1. The Bertz CT molecular complexity index is 1090. The zero-order valence-corrected chi connectivity index (χ0v) is 16.9. The molecular formula is C20H21F3N4O3. The molecule has 3 rings (SSSR count). The summed E-state index contributed by atoms with van der Waals surface area (Å²) in [5.74, 6) is -0.286. The highest BCUT2D eigenvalue weighted by atomic mass is 19.4. The van der Waals surface area contributed by atoms with Gasteiger partial charge >= 0.3 is 6.18 Å². The number of anilines is 1. The Labute approximate surface area is 170 Å². The van der Waals surface area contributed by atoms with E-state index in [9.17, 15) is 18.0 Å². The maximum absolute atomic E-state index is 13.0. The predicted molar refractivity (Wildman–Crippen MR) is 105 cm³/mol. The summed E-state index contributed by atoms with van der Waals surface area (Å²) in [6.45, 7) is 5.22. The van der Waals surface area contributed by atoms with Crippen LogP contribution in [0.15, 0.2) is 24.3 Å². The number of benzene rings is 1. The molecule has 0 aliphatic rings. The molecule has 30 heavy (non-hydrogen) atoms. The number of fused-ring (bicyclic) bond motifs is 1. The molecule has 0 fully saturated rings. The van der Waals surface area contributed by atoms with Gasteiger partial charge in [0.2, 0.25) is 5.88 Å². The van der Waals surface area contributed by atoms with Gasteiger partial charge in [-0.1, -0.05) is 0 Å². The van der Waals surface area contributed by atoms with Crippen molar-refractivity contribution in [1.29, 1.82) is 0 Å². The molecule has 0 saturated carbocycles. The van der Waals surface area contributed by atoms with Crippen molar-refractivity contribution in [2.45, 2.75) is 26.9 Å². The maximum Gasteiger partial charge on any atom is 0.416 e.